The fraction of sp³-hybridized carbons (Fsp3) is 0.714. The molecule has 5 heteroatoms. The summed E-state index contributed by atoms with van der Waals surface area (Å²) in [5, 5.41) is 8.80. The molecular weight excluding hydrogens is 262 g/mol. The number of carboxylic acids is 1. The topological polar surface area (TPSA) is 59.3 Å². The van der Waals surface area contributed by atoms with E-state index in [1.54, 1.807) is 4.57 Å². The maximum Gasteiger partial charge on any atom is 0.307 e. The van der Waals surface area contributed by atoms with Crippen LogP contribution in [-0.4, -0.2) is 15.6 Å². The number of aliphatic carboxylic acids is 1. The summed E-state index contributed by atoms with van der Waals surface area (Å²) in [6.07, 6.45) is 1.90. The van der Waals surface area contributed by atoms with Gasteiger partial charge >= 0.3 is 10.8 Å². The van der Waals surface area contributed by atoms with Gasteiger partial charge in [-0.2, -0.15) is 0 Å². The zero-order chi connectivity index (χ0) is 14.4. The second kappa shape index (κ2) is 4.47. The zero-order valence-corrected chi connectivity index (χ0v) is 12.8. The summed E-state index contributed by atoms with van der Waals surface area (Å²) in [6.45, 7) is 9.04. The first-order valence-corrected chi connectivity index (χ1v) is 7.39. The summed E-state index contributed by atoms with van der Waals surface area (Å²) >= 11 is 1.29. The number of carboxylic acid groups (broad SMARTS) is 1. The van der Waals surface area contributed by atoms with E-state index in [4.69, 9.17) is 5.11 Å². The van der Waals surface area contributed by atoms with Gasteiger partial charge in [-0.3, -0.25) is 9.59 Å². The van der Waals surface area contributed by atoms with E-state index < -0.39 is 5.97 Å². The minimum Gasteiger partial charge on any atom is -0.481 e. The third-order valence-electron chi connectivity index (χ3n) is 3.73. The second-order valence-electron chi connectivity index (χ2n) is 6.84. The van der Waals surface area contributed by atoms with Crippen molar-refractivity contribution < 1.29 is 9.90 Å². The molecule has 4 nitrogen and oxygen atoms in total. The number of hydrogen-bond acceptors (Lipinski definition) is 3. The van der Waals surface area contributed by atoms with Gasteiger partial charge in [-0.1, -0.05) is 39.0 Å². The van der Waals surface area contributed by atoms with Gasteiger partial charge < -0.3 is 9.67 Å². The van der Waals surface area contributed by atoms with Crippen LogP contribution in [0.15, 0.2) is 4.79 Å². The summed E-state index contributed by atoms with van der Waals surface area (Å²) in [5.74, 6) is -0.860. The molecule has 1 aliphatic carbocycles. The van der Waals surface area contributed by atoms with Gasteiger partial charge in [0.25, 0.3) is 0 Å². The van der Waals surface area contributed by atoms with Crippen LogP contribution < -0.4 is 4.87 Å². The van der Waals surface area contributed by atoms with Crippen molar-refractivity contribution in [3.8, 4) is 0 Å². The lowest BCUT2D eigenvalue weighted by atomic mass is 9.67. The summed E-state index contributed by atoms with van der Waals surface area (Å²) in [5.41, 5.74) is 1.20. The summed E-state index contributed by atoms with van der Waals surface area (Å²) < 4.78 is 1.68. The van der Waals surface area contributed by atoms with Crippen molar-refractivity contribution in [2.75, 3.05) is 0 Å². The van der Waals surface area contributed by atoms with Crippen molar-refractivity contribution >= 4 is 17.3 Å². The number of carbonyl (C=O) groups is 1. The van der Waals surface area contributed by atoms with Gasteiger partial charge in [0, 0.05) is 22.5 Å². The van der Waals surface area contributed by atoms with Crippen LogP contribution in [0, 0.1) is 5.41 Å². The molecule has 0 aliphatic heterocycles. The fourth-order valence-corrected chi connectivity index (χ4v) is 4.50. The Morgan fingerprint density at radius 3 is 2.58 bits per heavy atom. The summed E-state index contributed by atoms with van der Waals surface area (Å²) in [7, 11) is 0. The lowest BCUT2D eigenvalue weighted by Gasteiger charge is -2.40. The first-order valence-electron chi connectivity index (χ1n) is 6.57. The van der Waals surface area contributed by atoms with Crippen LogP contribution in [-0.2, 0) is 23.2 Å². The Morgan fingerprint density at radius 2 is 2.00 bits per heavy atom. The van der Waals surface area contributed by atoms with Crippen LogP contribution in [0.4, 0.5) is 0 Å². The molecule has 106 valence electrons. The molecule has 19 heavy (non-hydrogen) atoms. The predicted molar refractivity (Wildman–Crippen MR) is 76.0 cm³/mol. The van der Waals surface area contributed by atoms with Crippen molar-refractivity contribution in [3.05, 3.63) is 20.2 Å². The lowest BCUT2D eigenvalue weighted by molar-refractivity contribution is -0.137. The lowest BCUT2D eigenvalue weighted by Crippen LogP contribution is -2.35. The van der Waals surface area contributed by atoms with Crippen LogP contribution in [0.3, 0.4) is 0 Å². The van der Waals surface area contributed by atoms with E-state index in [1.807, 2.05) is 0 Å². The average Bonchev–Trinajstić information content (AvgIpc) is 2.50. The normalized spacial score (nSPS) is 20.0. The Hall–Kier alpha value is -1.10. The SMILES string of the molecule is CC1(C)Cc2c(sc(=O)n2CCC(=O)O)C(C)(C)C1. The minimum absolute atomic E-state index is 0.00391. The molecule has 0 radical (unpaired) electrons. The Labute approximate surface area is 117 Å². The molecule has 2 rings (SSSR count). The Kier molecular flexibility index (Phi) is 3.37. The van der Waals surface area contributed by atoms with Gasteiger partial charge in [0.1, 0.15) is 0 Å². The molecule has 0 unspecified atom stereocenters. The third kappa shape index (κ3) is 2.76. The third-order valence-corrected chi connectivity index (χ3v) is 5.12. The van der Waals surface area contributed by atoms with Crippen LogP contribution in [0.2, 0.25) is 0 Å². The molecule has 0 saturated heterocycles. The highest BCUT2D eigenvalue weighted by molar-refractivity contribution is 7.09. The molecule has 1 aliphatic rings. The Bertz CT molecular complexity index is 566. The van der Waals surface area contributed by atoms with Crippen LogP contribution in [0.1, 0.15) is 51.1 Å². The van der Waals surface area contributed by atoms with Gasteiger partial charge in [-0.15, -0.1) is 0 Å². The van der Waals surface area contributed by atoms with Crippen molar-refractivity contribution in [2.24, 2.45) is 5.41 Å². The number of fused-ring (bicyclic) bond motifs is 1. The van der Waals surface area contributed by atoms with Crippen LogP contribution in [0.25, 0.3) is 0 Å². The van der Waals surface area contributed by atoms with E-state index in [9.17, 15) is 9.59 Å². The highest BCUT2D eigenvalue weighted by atomic mass is 32.1. The predicted octanol–water partition coefficient (Wildman–Crippen LogP) is 2.63. The van der Waals surface area contributed by atoms with E-state index in [0.717, 1.165) is 23.4 Å². The number of nitrogens with zero attached hydrogens (tertiary/aromatic N) is 1. The first kappa shape index (κ1) is 14.3. The molecular formula is C14H21NO3S. The molecule has 0 amide bonds. The monoisotopic (exact) mass is 283 g/mol. The Morgan fingerprint density at radius 1 is 1.37 bits per heavy atom. The average molecular weight is 283 g/mol. The van der Waals surface area contributed by atoms with E-state index in [2.05, 4.69) is 27.7 Å². The molecule has 0 bridgehead atoms. The molecule has 1 aromatic rings. The highest BCUT2D eigenvalue weighted by Gasteiger charge is 2.40. The van der Waals surface area contributed by atoms with Gasteiger partial charge in [0.15, 0.2) is 0 Å². The van der Waals surface area contributed by atoms with Gasteiger partial charge in [0.2, 0.25) is 0 Å². The number of thiazole rings is 1. The Balaban J connectivity index is 2.47. The van der Waals surface area contributed by atoms with Gasteiger partial charge in [-0.05, 0) is 18.3 Å². The van der Waals surface area contributed by atoms with E-state index in [1.165, 1.54) is 11.3 Å². The summed E-state index contributed by atoms with van der Waals surface area (Å²) in [4.78, 5) is 23.9. The maximum atomic E-state index is 12.1. The molecule has 1 aromatic heterocycles. The standard InChI is InChI=1S/C14H21NO3S/c1-13(2)7-9-11(14(3,4)8-13)19-12(18)15(9)6-5-10(16)17/h5-8H2,1-4H3,(H,16,17). The molecule has 0 saturated carbocycles. The number of aromatic nitrogens is 1. The second-order valence-corrected chi connectivity index (χ2v) is 7.80. The van der Waals surface area contributed by atoms with Gasteiger partial charge in [0.05, 0.1) is 6.42 Å². The smallest absolute Gasteiger partial charge is 0.307 e. The summed E-state index contributed by atoms with van der Waals surface area (Å²) in [6, 6.07) is 0. The largest absolute Gasteiger partial charge is 0.481 e. The molecule has 1 heterocycles. The molecule has 1 N–H and O–H groups in total. The number of hydrogen-bond donors (Lipinski definition) is 1. The fourth-order valence-electron chi connectivity index (χ4n) is 3.36. The van der Waals surface area contributed by atoms with E-state index in [0.29, 0.717) is 0 Å². The highest BCUT2D eigenvalue weighted by Crippen LogP contribution is 2.46. The van der Waals surface area contributed by atoms with Crippen molar-refractivity contribution in [1.29, 1.82) is 0 Å². The maximum absolute atomic E-state index is 12.1. The first-order chi connectivity index (χ1) is 8.62. The number of rotatable bonds is 3. The van der Waals surface area contributed by atoms with Crippen molar-refractivity contribution in [1.82, 2.24) is 4.57 Å². The van der Waals surface area contributed by atoms with Gasteiger partial charge in [-0.25, -0.2) is 0 Å². The van der Waals surface area contributed by atoms with Crippen LogP contribution in [0.5, 0.6) is 0 Å². The molecule has 0 aromatic carbocycles. The molecule has 0 atom stereocenters. The zero-order valence-electron chi connectivity index (χ0n) is 11.9. The minimum atomic E-state index is -0.860. The van der Waals surface area contributed by atoms with Crippen LogP contribution >= 0.6 is 11.3 Å². The van der Waals surface area contributed by atoms with Crippen molar-refractivity contribution in [2.45, 2.75) is 58.9 Å². The van der Waals surface area contributed by atoms with E-state index in [-0.39, 0.29) is 28.7 Å². The van der Waals surface area contributed by atoms with E-state index >= 15 is 0 Å². The molecule has 0 spiro atoms. The van der Waals surface area contributed by atoms with Crippen molar-refractivity contribution in [3.63, 3.8) is 0 Å². The quantitative estimate of drug-likeness (QED) is 0.927. The molecule has 0 fully saturated rings.